The molecule has 0 amide bonds. The van der Waals surface area contributed by atoms with E-state index in [2.05, 4.69) is 6.92 Å². The quantitative estimate of drug-likeness (QED) is 0.255. The van der Waals surface area contributed by atoms with Crippen LogP contribution in [0.15, 0.2) is 0 Å². The molecule has 1 fully saturated rings. The topological polar surface area (TPSA) is 96.2 Å². The highest BCUT2D eigenvalue weighted by Crippen LogP contribution is 2.35. The molecule has 0 spiro atoms. The third kappa shape index (κ3) is 10.7. The van der Waals surface area contributed by atoms with Gasteiger partial charge in [-0.15, -0.1) is 0 Å². The fourth-order valence-corrected chi connectivity index (χ4v) is 4.03. The van der Waals surface area contributed by atoms with Crippen molar-refractivity contribution in [2.24, 2.45) is 11.8 Å². The lowest BCUT2D eigenvalue weighted by Crippen LogP contribution is -2.25. The Morgan fingerprint density at radius 3 is 2.14 bits per heavy atom. The zero-order chi connectivity index (χ0) is 20.6. The molecule has 0 aliphatic heterocycles. The Morgan fingerprint density at radius 2 is 1.46 bits per heavy atom. The minimum Gasteiger partial charge on any atom is -0.464 e. The summed E-state index contributed by atoms with van der Waals surface area (Å²) < 4.78 is 10.5. The van der Waals surface area contributed by atoms with Gasteiger partial charge in [-0.1, -0.05) is 58.3 Å². The van der Waals surface area contributed by atoms with Crippen LogP contribution >= 0.6 is 0 Å². The van der Waals surface area contributed by atoms with Crippen LogP contribution in [0.4, 0.5) is 0 Å². The highest BCUT2D eigenvalue weighted by atomic mass is 16.6. The highest BCUT2D eigenvalue weighted by Gasteiger charge is 2.40. The van der Waals surface area contributed by atoms with Crippen LogP contribution < -0.4 is 0 Å². The first-order chi connectivity index (χ1) is 13.6. The zero-order valence-electron chi connectivity index (χ0n) is 17.7. The lowest BCUT2D eigenvalue weighted by Gasteiger charge is -2.21. The SMILES string of the molecule is CCCCCCCCCCOC(=O)COCCCC[C@@H]1C(O)CC(O)[C@H]1CO. The van der Waals surface area contributed by atoms with E-state index in [1.165, 1.54) is 38.5 Å². The molecule has 6 nitrogen and oxygen atoms in total. The first-order valence-electron chi connectivity index (χ1n) is 11.3. The van der Waals surface area contributed by atoms with Gasteiger partial charge in [0.1, 0.15) is 6.61 Å². The molecule has 6 heteroatoms. The predicted molar refractivity (Wildman–Crippen MR) is 109 cm³/mol. The molecule has 0 aromatic rings. The lowest BCUT2D eigenvalue weighted by molar-refractivity contribution is -0.149. The smallest absolute Gasteiger partial charge is 0.332 e. The van der Waals surface area contributed by atoms with Gasteiger partial charge in [-0.3, -0.25) is 0 Å². The third-order valence-corrected chi connectivity index (χ3v) is 5.79. The molecule has 0 aromatic heterocycles. The second-order valence-corrected chi connectivity index (χ2v) is 8.12. The second kappa shape index (κ2) is 16.1. The van der Waals surface area contributed by atoms with E-state index in [0.29, 0.717) is 19.6 Å². The first-order valence-corrected chi connectivity index (χ1v) is 11.3. The molecule has 0 bridgehead atoms. The lowest BCUT2D eigenvalue weighted by atomic mass is 9.89. The van der Waals surface area contributed by atoms with Gasteiger partial charge >= 0.3 is 5.97 Å². The van der Waals surface area contributed by atoms with Crippen molar-refractivity contribution in [3.05, 3.63) is 0 Å². The van der Waals surface area contributed by atoms with Gasteiger partial charge in [-0.05, 0) is 31.6 Å². The number of aliphatic hydroxyl groups excluding tert-OH is 3. The van der Waals surface area contributed by atoms with Crippen LogP contribution in [-0.4, -0.2) is 59.9 Å². The molecule has 1 aliphatic rings. The molecular formula is C22H42O6. The normalized spacial score (nSPS) is 24.6. The van der Waals surface area contributed by atoms with Crippen molar-refractivity contribution in [1.29, 1.82) is 0 Å². The number of unbranched alkanes of at least 4 members (excludes halogenated alkanes) is 8. The Hall–Kier alpha value is -0.690. The molecule has 166 valence electrons. The average Bonchev–Trinajstić information content (AvgIpc) is 2.95. The van der Waals surface area contributed by atoms with Gasteiger partial charge in [0.2, 0.25) is 0 Å². The first kappa shape index (κ1) is 25.3. The number of hydrogen-bond acceptors (Lipinski definition) is 6. The fourth-order valence-electron chi connectivity index (χ4n) is 4.03. The predicted octanol–water partition coefficient (Wildman–Crippen LogP) is 3.21. The standard InChI is InChI=1S/C22H42O6/c1-2-3-4-5-6-7-8-10-14-28-22(26)17-27-13-11-9-12-18-19(16-23)21(25)15-20(18)24/h18-21,23-25H,2-17H2,1H3/t18-,19-,20?,21?/m0/s1. The summed E-state index contributed by atoms with van der Waals surface area (Å²) in [5, 5.41) is 29.1. The van der Waals surface area contributed by atoms with Crippen molar-refractivity contribution in [1.82, 2.24) is 0 Å². The van der Waals surface area contributed by atoms with E-state index >= 15 is 0 Å². The number of carbonyl (C=O) groups excluding carboxylic acids is 1. The van der Waals surface area contributed by atoms with E-state index in [0.717, 1.165) is 32.1 Å². The Morgan fingerprint density at radius 1 is 0.857 bits per heavy atom. The van der Waals surface area contributed by atoms with E-state index in [9.17, 15) is 20.1 Å². The van der Waals surface area contributed by atoms with Crippen molar-refractivity contribution < 1.29 is 29.6 Å². The summed E-state index contributed by atoms with van der Waals surface area (Å²) in [4.78, 5) is 11.6. The van der Waals surface area contributed by atoms with Crippen molar-refractivity contribution in [3.8, 4) is 0 Å². The highest BCUT2D eigenvalue weighted by molar-refractivity contribution is 5.70. The van der Waals surface area contributed by atoms with E-state index < -0.39 is 12.2 Å². The monoisotopic (exact) mass is 402 g/mol. The van der Waals surface area contributed by atoms with Crippen molar-refractivity contribution in [2.75, 3.05) is 26.4 Å². The number of rotatable bonds is 17. The largest absolute Gasteiger partial charge is 0.464 e. The van der Waals surface area contributed by atoms with Gasteiger partial charge in [0, 0.05) is 19.1 Å². The zero-order valence-corrected chi connectivity index (χ0v) is 17.7. The van der Waals surface area contributed by atoms with Gasteiger partial charge < -0.3 is 24.8 Å². The maximum atomic E-state index is 11.6. The molecule has 0 radical (unpaired) electrons. The maximum Gasteiger partial charge on any atom is 0.332 e. The summed E-state index contributed by atoms with van der Waals surface area (Å²) in [5.74, 6) is -0.600. The Labute approximate surface area is 170 Å². The van der Waals surface area contributed by atoms with Crippen LogP contribution in [0, 0.1) is 11.8 Å². The second-order valence-electron chi connectivity index (χ2n) is 8.12. The van der Waals surface area contributed by atoms with E-state index in [1.807, 2.05) is 0 Å². The minimum absolute atomic E-state index is 0.0128. The molecule has 28 heavy (non-hydrogen) atoms. The molecular weight excluding hydrogens is 360 g/mol. The van der Waals surface area contributed by atoms with E-state index in [-0.39, 0.29) is 31.0 Å². The number of carbonyl (C=O) groups is 1. The van der Waals surface area contributed by atoms with Crippen molar-refractivity contribution in [2.45, 2.75) is 96.2 Å². The molecule has 0 aromatic carbocycles. The van der Waals surface area contributed by atoms with Crippen LogP contribution in [0.25, 0.3) is 0 Å². The van der Waals surface area contributed by atoms with Crippen LogP contribution in [0.3, 0.4) is 0 Å². The van der Waals surface area contributed by atoms with E-state index in [1.54, 1.807) is 0 Å². The molecule has 0 heterocycles. The van der Waals surface area contributed by atoms with Crippen LogP contribution in [0.2, 0.25) is 0 Å². The van der Waals surface area contributed by atoms with Crippen molar-refractivity contribution >= 4 is 5.97 Å². The van der Waals surface area contributed by atoms with Crippen LogP contribution in [0.1, 0.15) is 84.0 Å². The van der Waals surface area contributed by atoms with Gasteiger partial charge in [-0.25, -0.2) is 4.79 Å². The molecule has 1 rings (SSSR count). The minimum atomic E-state index is -0.614. The Kier molecular flexibility index (Phi) is 14.6. The van der Waals surface area contributed by atoms with Crippen LogP contribution in [0.5, 0.6) is 0 Å². The number of ether oxygens (including phenoxy) is 2. The third-order valence-electron chi connectivity index (χ3n) is 5.79. The summed E-state index contributed by atoms with van der Waals surface area (Å²) >= 11 is 0. The van der Waals surface area contributed by atoms with Gasteiger partial charge in [0.25, 0.3) is 0 Å². The Balaban J connectivity index is 1.90. The fraction of sp³-hybridized carbons (Fsp3) is 0.955. The van der Waals surface area contributed by atoms with Gasteiger partial charge in [0.15, 0.2) is 0 Å². The summed E-state index contributed by atoms with van der Waals surface area (Å²) in [6.45, 7) is 3.06. The summed E-state index contributed by atoms with van der Waals surface area (Å²) in [5.41, 5.74) is 0. The maximum absolute atomic E-state index is 11.6. The summed E-state index contributed by atoms with van der Waals surface area (Å²) in [7, 11) is 0. The molecule has 1 aliphatic carbocycles. The molecule has 4 atom stereocenters. The molecule has 2 unspecified atom stereocenters. The number of esters is 1. The van der Waals surface area contributed by atoms with Gasteiger partial charge in [0.05, 0.1) is 18.8 Å². The Bertz CT molecular complexity index is 389. The summed E-state index contributed by atoms with van der Waals surface area (Å²) in [6.07, 6.45) is 11.3. The average molecular weight is 403 g/mol. The van der Waals surface area contributed by atoms with Crippen molar-refractivity contribution in [3.63, 3.8) is 0 Å². The molecule has 1 saturated carbocycles. The van der Waals surface area contributed by atoms with Crippen LogP contribution in [-0.2, 0) is 14.3 Å². The summed E-state index contributed by atoms with van der Waals surface area (Å²) in [6, 6.07) is 0. The molecule has 0 saturated heterocycles. The van der Waals surface area contributed by atoms with E-state index in [4.69, 9.17) is 9.47 Å². The molecule has 3 N–H and O–H groups in total. The number of aliphatic hydroxyl groups is 3. The number of hydrogen-bond donors (Lipinski definition) is 3. The van der Waals surface area contributed by atoms with Gasteiger partial charge in [-0.2, -0.15) is 0 Å².